The molecule has 0 aromatic heterocycles. The van der Waals surface area contributed by atoms with Crippen molar-refractivity contribution >= 4 is 39.1 Å². The van der Waals surface area contributed by atoms with Crippen LogP contribution in [0.5, 0.6) is 0 Å². The second-order valence-corrected chi connectivity index (χ2v) is 9.23. The van der Waals surface area contributed by atoms with E-state index in [2.05, 4.69) is 10.6 Å². The van der Waals surface area contributed by atoms with Gasteiger partial charge in [-0.25, -0.2) is 17.5 Å². The number of nitrogens with one attached hydrogen (secondary N) is 2. The van der Waals surface area contributed by atoms with E-state index in [4.69, 9.17) is 12.2 Å². The van der Waals surface area contributed by atoms with E-state index in [-0.39, 0.29) is 17.5 Å². The van der Waals surface area contributed by atoms with E-state index < -0.39 is 16.1 Å². The Morgan fingerprint density at radius 3 is 2.72 bits per heavy atom. The monoisotopic (exact) mass is 430 g/mol. The zero-order valence-electron chi connectivity index (χ0n) is 16.0. The van der Waals surface area contributed by atoms with Gasteiger partial charge in [0.25, 0.3) is 10.0 Å². The van der Waals surface area contributed by atoms with Crippen LogP contribution in [0.25, 0.3) is 0 Å². The summed E-state index contributed by atoms with van der Waals surface area (Å²) in [6, 6.07) is 13.4. The van der Waals surface area contributed by atoms with Gasteiger partial charge in [-0.3, -0.25) is 0 Å². The number of hydrogen-bond donors (Lipinski definition) is 2. The quantitative estimate of drug-likeness (QED) is 0.725. The fourth-order valence-corrected chi connectivity index (χ4v) is 5.46. The van der Waals surface area contributed by atoms with Gasteiger partial charge >= 0.3 is 6.03 Å². The van der Waals surface area contributed by atoms with Crippen LogP contribution < -0.4 is 15.5 Å². The molecule has 1 atom stereocenters. The molecule has 4 rings (SSSR count). The first-order valence-electron chi connectivity index (χ1n) is 9.48. The highest BCUT2D eigenvalue weighted by Crippen LogP contribution is 2.32. The van der Waals surface area contributed by atoms with Crippen LogP contribution in [0.4, 0.5) is 10.5 Å². The number of urea groups is 1. The summed E-state index contributed by atoms with van der Waals surface area (Å²) >= 11 is 5.39. The fraction of sp³-hybridized carbons (Fsp3) is 0.300. The molecule has 2 aliphatic heterocycles. The largest absolute Gasteiger partial charge is 0.363 e. The molecule has 2 aliphatic rings. The lowest BCUT2D eigenvalue weighted by Crippen LogP contribution is -2.38. The van der Waals surface area contributed by atoms with Gasteiger partial charge in [0.05, 0.1) is 17.5 Å². The van der Waals surface area contributed by atoms with Crippen LogP contribution in [0.15, 0.2) is 53.4 Å². The molecule has 0 spiro atoms. The summed E-state index contributed by atoms with van der Waals surface area (Å²) in [6.07, 6.45) is 0.697. The molecule has 0 radical (unpaired) electrons. The number of benzene rings is 2. The van der Waals surface area contributed by atoms with E-state index in [1.807, 2.05) is 42.2 Å². The van der Waals surface area contributed by atoms with Gasteiger partial charge in [0.1, 0.15) is 0 Å². The van der Waals surface area contributed by atoms with Gasteiger partial charge in [0.2, 0.25) is 0 Å². The topological polar surface area (TPSA) is 81.8 Å². The van der Waals surface area contributed by atoms with E-state index in [1.54, 1.807) is 18.2 Å². The normalized spacial score (nSPS) is 18.5. The Morgan fingerprint density at radius 2 is 2.00 bits per heavy atom. The Hall–Kier alpha value is -2.65. The van der Waals surface area contributed by atoms with Crippen molar-refractivity contribution in [1.82, 2.24) is 14.9 Å². The van der Waals surface area contributed by atoms with Crippen LogP contribution in [0.1, 0.15) is 24.1 Å². The number of thiocarbonyl (C=S) groups is 1. The van der Waals surface area contributed by atoms with Crippen LogP contribution in [-0.2, 0) is 16.4 Å². The van der Waals surface area contributed by atoms with Gasteiger partial charge < -0.3 is 15.5 Å². The van der Waals surface area contributed by atoms with E-state index in [9.17, 15) is 13.2 Å². The van der Waals surface area contributed by atoms with E-state index in [0.717, 1.165) is 27.7 Å². The number of carbonyl (C=O) groups excluding carboxylic acids is 1. The maximum absolute atomic E-state index is 13.2. The molecule has 9 heteroatoms. The summed E-state index contributed by atoms with van der Waals surface area (Å²) in [5, 5.41) is 6.51. The first-order valence-corrected chi connectivity index (χ1v) is 11.3. The Bertz CT molecular complexity index is 1060. The van der Waals surface area contributed by atoms with Gasteiger partial charge in [0.15, 0.2) is 5.11 Å². The molecule has 29 heavy (non-hydrogen) atoms. The van der Waals surface area contributed by atoms with Crippen molar-refractivity contribution in [2.75, 3.05) is 24.5 Å². The molecule has 0 saturated carbocycles. The fourth-order valence-electron chi connectivity index (χ4n) is 3.72. The van der Waals surface area contributed by atoms with Crippen molar-refractivity contribution in [3.05, 3.63) is 59.7 Å². The summed E-state index contributed by atoms with van der Waals surface area (Å²) in [4.78, 5) is 14.5. The molecule has 1 saturated heterocycles. The third-order valence-corrected chi connectivity index (χ3v) is 7.29. The number of carbonyl (C=O) groups is 1. The number of sulfonamides is 1. The average Bonchev–Trinajstić information content (AvgIpc) is 3.32. The Morgan fingerprint density at radius 1 is 1.24 bits per heavy atom. The molecule has 1 unspecified atom stereocenters. The zero-order valence-corrected chi connectivity index (χ0v) is 17.6. The Balaban J connectivity index is 1.59. The minimum absolute atomic E-state index is 0.0683. The molecule has 152 valence electrons. The van der Waals surface area contributed by atoms with Crippen molar-refractivity contribution in [2.24, 2.45) is 0 Å². The maximum Gasteiger partial charge on any atom is 0.331 e. The molecular weight excluding hydrogens is 408 g/mol. The second kappa shape index (κ2) is 7.64. The highest BCUT2D eigenvalue weighted by Gasteiger charge is 2.39. The van der Waals surface area contributed by atoms with Gasteiger partial charge in [-0.15, -0.1) is 0 Å². The smallest absolute Gasteiger partial charge is 0.331 e. The number of amides is 2. The van der Waals surface area contributed by atoms with Crippen LogP contribution in [0.2, 0.25) is 0 Å². The molecule has 0 aliphatic carbocycles. The minimum Gasteiger partial charge on any atom is -0.363 e. The highest BCUT2D eigenvalue weighted by atomic mass is 32.2. The minimum atomic E-state index is -3.94. The van der Waals surface area contributed by atoms with Crippen LogP contribution >= 0.6 is 12.2 Å². The summed E-state index contributed by atoms with van der Waals surface area (Å²) in [5.41, 5.74) is 2.69. The van der Waals surface area contributed by atoms with Gasteiger partial charge in [-0.2, -0.15) is 0 Å². The maximum atomic E-state index is 13.2. The number of rotatable bonds is 4. The second-order valence-electron chi connectivity index (χ2n) is 6.98. The van der Waals surface area contributed by atoms with Gasteiger partial charge in [-0.1, -0.05) is 30.3 Å². The van der Waals surface area contributed by atoms with Crippen LogP contribution in [-0.4, -0.2) is 43.5 Å². The first-order chi connectivity index (χ1) is 13.9. The van der Waals surface area contributed by atoms with Crippen LogP contribution in [0.3, 0.4) is 0 Å². The van der Waals surface area contributed by atoms with E-state index >= 15 is 0 Å². The third kappa shape index (κ3) is 3.56. The Labute approximate surface area is 175 Å². The third-order valence-electron chi connectivity index (χ3n) is 5.18. The molecule has 7 nitrogen and oxygen atoms in total. The van der Waals surface area contributed by atoms with Crippen molar-refractivity contribution < 1.29 is 13.2 Å². The summed E-state index contributed by atoms with van der Waals surface area (Å²) in [6.45, 7) is 3.47. The molecule has 2 N–H and O–H groups in total. The molecule has 2 aromatic rings. The van der Waals surface area contributed by atoms with Crippen molar-refractivity contribution in [1.29, 1.82) is 0 Å². The first kappa shape index (κ1) is 19.7. The van der Waals surface area contributed by atoms with Gasteiger partial charge in [-0.05, 0) is 54.9 Å². The van der Waals surface area contributed by atoms with Crippen molar-refractivity contribution in [2.45, 2.75) is 24.3 Å². The summed E-state index contributed by atoms with van der Waals surface area (Å²) in [5.74, 6) is 0. The molecule has 2 heterocycles. The summed E-state index contributed by atoms with van der Waals surface area (Å²) in [7, 11) is -3.94. The van der Waals surface area contributed by atoms with Gasteiger partial charge in [0, 0.05) is 18.8 Å². The standard InChI is InChI=1S/C20H22N4O3S2/c1-2-21-20(28)23-11-10-15-12-16(8-9-18(15)23)29(26,27)24-13-17(22-19(24)25)14-6-4-3-5-7-14/h3-9,12,17H,2,10-11,13H2,1H3,(H,21,28)(H,22,25). The number of nitrogens with zero attached hydrogens (tertiary/aromatic N) is 2. The molecule has 2 amide bonds. The lowest BCUT2D eigenvalue weighted by Gasteiger charge is -2.21. The highest BCUT2D eigenvalue weighted by molar-refractivity contribution is 7.89. The zero-order chi connectivity index (χ0) is 20.6. The number of fused-ring (bicyclic) bond motifs is 1. The predicted octanol–water partition coefficient (Wildman–Crippen LogP) is 2.40. The van der Waals surface area contributed by atoms with Crippen molar-refractivity contribution in [3.63, 3.8) is 0 Å². The molecular formula is C20H22N4O3S2. The molecule has 1 fully saturated rings. The number of hydrogen-bond acceptors (Lipinski definition) is 4. The van der Waals surface area contributed by atoms with Crippen molar-refractivity contribution in [3.8, 4) is 0 Å². The molecule has 0 bridgehead atoms. The lowest BCUT2D eigenvalue weighted by atomic mass is 10.1. The molecule has 2 aromatic carbocycles. The summed E-state index contributed by atoms with van der Waals surface area (Å²) < 4.78 is 27.2. The lowest BCUT2D eigenvalue weighted by molar-refractivity contribution is 0.235. The predicted molar refractivity (Wildman–Crippen MR) is 115 cm³/mol. The van der Waals surface area contributed by atoms with E-state index in [1.165, 1.54) is 0 Å². The average molecular weight is 431 g/mol. The number of anilines is 1. The van der Waals surface area contributed by atoms with Crippen LogP contribution in [0, 0.1) is 0 Å². The van der Waals surface area contributed by atoms with E-state index in [0.29, 0.717) is 18.1 Å². The Kier molecular flexibility index (Phi) is 5.18. The SMILES string of the molecule is CCNC(=S)N1CCc2cc(S(=O)(=O)N3CC(c4ccccc4)NC3=O)ccc21.